The molecular weight excluding hydrogens is 350 g/mol. The SMILES string of the molecule is Cc1c([C@H]2SCC(=O)Nc3c2c(=O)[nH]n3C2CCCCCC2)cnn1C. The number of H-pyrrole nitrogens is 1. The molecule has 1 aliphatic heterocycles. The maximum Gasteiger partial charge on any atom is 0.270 e. The van der Waals surface area contributed by atoms with Gasteiger partial charge in [-0.25, -0.2) is 0 Å². The van der Waals surface area contributed by atoms with Gasteiger partial charge in [-0.3, -0.25) is 24.1 Å². The molecule has 2 aliphatic rings. The minimum absolute atomic E-state index is 0.0540. The van der Waals surface area contributed by atoms with Gasteiger partial charge in [0.1, 0.15) is 5.82 Å². The fourth-order valence-corrected chi connectivity index (χ4v) is 5.24. The molecule has 2 N–H and O–H groups in total. The van der Waals surface area contributed by atoms with Crippen LogP contribution in [-0.2, 0) is 11.8 Å². The zero-order valence-electron chi connectivity index (χ0n) is 15.2. The Morgan fingerprint density at radius 3 is 2.58 bits per heavy atom. The summed E-state index contributed by atoms with van der Waals surface area (Å²) in [6, 6.07) is 0.244. The highest BCUT2D eigenvalue weighted by molar-refractivity contribution is 8.00. The normalized spacial score (nSPS) is 21.8. The Labute approximate surface area is 156 Å². The number of amides is 1. The van der Waals surface area contributed by atoms with Gasteiger partial charge in [-0.05, 0) is 19.8 Å². The zero-order valence-corrected chi connectivity index (χ0v) is 16.1. The average Bonchev–Trinajstić information content (AvgIpc) is 2.94. The van der Waals surface area contributed by atoms with Gasteiger partial charge in [0.15, 0.2) is 0 Å². The number of anilines is 1. The number of thioether (sulfide) groups is 1. The Bertz CT molecular complexity index is 873. The first-order valence-electron chi connectivity index (χ1n) is 9.30. The molecule has 1 amide bonds. The first-order chi connectivity index (χ1) is 12.6. The minimum Gasteiger partial charge on any atom is -0.310 e. The fourth-order valence-electron chi connectivity index (χ4n) is 4.05. The summed E-state index contributed by atoms with van der Waals surface area (Å²) in [6.45, 7) is 2.00. The van der Waals surface area contributed by atoms with Crippen LogP contribution in [0.1, 0.15) is 66.6 Å². The van der Waals surface area contributed by atoms with E-state index in [0.717, 1.165) is 36.9 Å². The van der Waals surface area contributed by atoms with E-state index in [1.807, 2.05) is 29.5 Å². The van der Waals surface area contributed by atoms with Gasteiger partial charge in [-0.15, -0.1) is 11.8 Å². The third kappa shape index (κ3) is 3.00. The predicted octanol–water partition coefficient (Wildman–Crippen LogP) is 2.89. The summed E-state index contributed by atoms with van der Waals surface area (Å²) < 4.78 is 3.75. The van der Waals surface area contributed by atoms with Gasteiger partial charge >= 0.3 is 0 Å². The van der Waals surface area contributed by atoms with Crippen LogP contribution >= 0.6 is 11.8 Å². The van der Waals surface area contributed by atoms with Gasteiger partial charge in [0.05, 0.1) is 28.8 Å². The van der Waals surface area contributed by atoms with Crippen LogP contribution in [0, 0.1) is 6.92 Å². The molecule has 3 heterocycles. The maximum absolute atomic E-state index is 12.9. The molecule has 0 radical (unpaired) electrons. The summed E-state index contributed by atoms with van der Waals surface area (Å²) >= 11 is 1.49. The standard InChI is InChI=1S/C18H25N5O2S/c1-11-13(9-19-22(11)2)16-15-17(20-14(24)10-26-16)23(21-18(15)25)12-7-5-3-4-6-8-12/h9,12,16H,3-8,10H2,1-2H3,(H,20,24)(H,21,25)/t16-/m1/s1. The van der Waals surface area contributed by atoms with Crippen molar-refractivity contribution in [3.8, 4) is 0 Å². The van der Waals surface area contributed by atoms with Crippen LogP contribution in [0.15, 0.2) is 11.0 Å². The highest BCUT2D eigenvalue weighted by Crippen LogP contribution is 2.42. The van der Waals surface area contributed by atoms with Gasteiger partial charge in [-0.2, -0.15) is 5.10 Å². The molecule has 140 valence electrons. The van der Waals surface area contributed by atoms with E-state index in [-0.39, 0.29) is 22.8 Å². The number of carbonyl (C=O) groups excluding carboxylic acids is 1. The van der Waals surface area contributed by atoms with Gasteiger partial charge in [0.2, 0.25) is 5.91 Å². The second kappa shape index (κ2) is 6.98. The molecule has 26 heavy (non-hydrogen) atoms. The highest BCUT2D eigenvalue weighted by atomic mass is 32.2. The number of aromatic amines is 1. The lowest BCUT2D eigenvalue weighted by atomic mass is 10.1. The summed E-state index contributed by atoms with van der Waals surface area (Å²) in [6.07, 6.45) is 8.69. The first kappa shape index (κ1) is 17.5. The van der Waals surface area contributed by atoms with Crippen LogP contribution in [0.2, 0.25) is 0 Å². The van der Waals surface area contributed by atoms with Crippen molar-refractivity contribution < 1.29 is 4.79 Å². The lowest BCUT2D eigenvalue weighted by molar-refractivity contribution is -0.113. The van der Waals surface area contributed by atoms with Gasteiger partial charge < -0.3 is 5.32 Å². The van der Waals surface area contributed by atoms with Crippen molar-refractivity contribution >= 4 is 23.5 Å². The van der Waals surface area contributed by atoms with Crippen molar-refractivity contribution in [2.45, 2.75) is 56.7 Å². The second-order valence-electron chi connectivity index (χ2n) is 7.27. The lowest BCUT2D eigenvalue weighted by Crippen LogP contribution is -2.19. The van der Waals surface area contributed by atoms with Crippen molar-refractivity contribution in [2.75, 3.05) is 11.1 Å². The van der Waals surface area contributed by atoms with Crippen molar-refractivity contribution in [3.05, 3.63) is 33.4 Å². The predicted molar refractivity (Wildman–Crippen MR) is 103 cm³/mol. The summed E-state index contributed by atoms with van der Waals surface area (Å²) in [5.41, 5.74) is 2.57. The second-order valence-corrected chi connectivity index (χ2v) is 8.36. The number of rotatable bonds is 2. The molecule has 2 aromatic rings. The van der Waals surface area contributed by atoms with Gasteiger partial charge in [-0.1, -0.05) is 25.7 Å². The molecule has 0 bridgehead atoms. The number of nitrogens with zero attached hydrogens (tertiary/aromatic N) is 3. The fraction of sp³-hybridized carbons (Fsp3) is 0.611. The Hall–Kier alpha value is -1.96. The number of hydrogen-bond acceptors (Lipinski definition) is 4. The van der Waals surface area contributed by atoms with Crippen molar-refractivity contribution in [1.29, 1.82) is 0 Å². The minimum atomic E-state index is -0.187. The molecule has 2 aromatic heterocycles. The number of aromatic nitrogens is 4. The van der Waals surface area contributed by atoms with E-state index in [0.29, 0.717) is 17.1 Å². The summed E-state index contributed by atoms with van der Waals surface area (Å²) in [7, 11) is 1.89. The van der Waals surface area contributed by atoms with Crippen LogP contribution in [0.25, 0.3) is 0 Å². The average molecular weight is 375 g/mol. The van der Waals surface area contributed by atoms with Crippen molar-refractivity contribution in [2.24, 2.45) is 7.05 Å². The van der Waals surface area contributed by atoms with Crippen LogP contribution in [0.4, 0.5) is 5.82 Å². The number of carbonyl (C=O) groups is 1. The van der Waals surface area contributed by atoms with Crippen molar-refractivity contribution in [3.63, 3.8) is 0 Å². The first-order valence-corrected chi connectivity index (χ1v) is 10.4. The summed E-state index contributed by atoms with van der Waals surface area (Å²) in [4.78, 5) is 25.2. The van der Waals surface area contributed by atoms with Crippen LogP contribution in [-0.4, -0.2) is 31.2 Å². The van der Waals surface area contributed by atoms with E-state index in [1.54, 1.807) is 0 Å². The van der Waals surface area contributed by atoms with E-state index >= 15 is 0 Å². The smallest absolute Gasteiger partial charge is 0.270 e. The van der Waals surface area contributed by atoms with E-state index in [1.165, 1.54) is 24.6 Å². The number of fused-ring (bicyclic) bond motifs is 1. The molecule has 0 unspecified atom stereocenters. The molecule has 1 aliphatic carbocycles. The number of aryl methyl sites for hydroxylation is 1. The topological polar surface area (TPSA) is 84.7 Å². The van der Waals surface area contributed by atoms with Crippen LogP contribution in [0.5, 0.6) is 0 Å². The monoisotopic (exact) mass is 375 g/mol. The largest absolute Gasteiger partial charge is 0.310 e. The molecule has 0 spiro atoms. The summed E-state index contributed by atoms with van der Waals surface area (Å²) in [5.74, 6) is 0.935. The Balaban J connectivity index is 1.82. The molecule has 1 saturated carbocycles. The third-order valence-electron chi connectivity index (χ3n) is 5.61. The molecule has 0 saturated heterocycles. The molecule has 8 heteroatoms. The Morgan fingerprint density at radius 2 is 1.92 bits per heavy atom. The third-order valence-corrected chi connectivity index (χ3v) is 6.86. The van der Waals surface area contributed by atoms with Crippen LogP contribution < -0.4 is 10.9 Å². The Morgan fingerprint density at radius 1 is 1.19 bits per heavy atom. The number of nitrogens with one attached hydrogen (secondary N) is 2. The molecule has 0 aromatic carbocycles. The zero-order chi connectivity index (χ0) is 18.3. The van der Waals surface area contributed by atoms with Gasteiger partial charge in [0.25, 0.3) is 5.56 Å². The Kier molecular flexibility index (Phi) is 4.69. The van der Waals surface area contributed by atoms with Crippen LogP contribution in [0.3, 0.4) is 0 Å². The van der Waals surface area contributed by atoms with Gasteiger partial charge in [0, 0.05) is 18.3 Å². The maximum atomic E-state index is 12.9. The molecule has 4 rings (SSSR count). The van der Waals surface area contributed by atoms with E-state index in [9.17, 15) is 9.59 Å². The highest BCUT2D eigenvalue weighted by Gasteiger charge is 2.33. The lowest BCUT2D eigenvalue weighted by Gasteiger charge is -2.19. The molecule has 1 atom stereocenters. The van der Waals surface area contributed by atoms with Crippen molar-refractivity contribution in [1.82, 2.24) is 19.6 Å². The van der Waals surface area contributed by atoms with E-state index in [2.05, 4.69) is 15.5 Å². The number of hydrogen-bond donors (Lipinski definition) is 2. The molecular formula is C18H25N5O2S. The summed E-state index contributed by atoms with van der Waals surface area (Å²) in [5, 5.41) is 10.2. The quantitative estimate of drug-likeness (QED) is 0.791. The molecule has 7 nitrogen and oxygen atoms in total. The van der Waals surface area contributed by atoms with E-state index < -0.39 is 0 Å². The van der Waals surface area contributed by atoms with E-state index in [4.69, 9.17) is 0 Å². The molecule has 1 fully saturated rings.